The Labute approximate surface area is 143 Å². The van der Waals surface area contributed by atoms with Gasteiger partial charge in [0.1, 0.15) is 6.04 Å². The second-order valence-corrected chi connectivity index (χ2v) is 7.30. The molecule has 1 aromatic rings. The minimum atomic E-state index is -0.677. The summed E-state index contributed by atoms with van der Waals surface area (Å²) in [4.78, 5) is 24.3. The molecule has 0 radical (unpaired) electrons. The van der Waals surface area contributed by atoms with Gasteiger partial charge in [0.15, 0.2) is 0 Å². The Morgan fingerprint density at radius 3 is 2.46 bits per heavy atom. The first-order valence-electron chi connectivity index (χ1n) is 8.36. The third-order valence-electron chi connectivity index (χ3n) is 4.36. The van der Waals surface area contributed by atoms with E-state index in [0.29, 0.717) is 26.1 Å². The lowest BCUT2D eigenvalue weighted by Gasteiger charge is -2.21. The monoisotopic (exact) mass is 333 g/mol. The number of benzene rings is 1. The van der Waals surface area contributed by atoms with Gasteiger partial charge in [-0.3, -0.25) is 4.79 Å². The lowest BCUT2D eigenvalue weighted by molar-refractivity contribution is -0.145. The van der Waals surface area contributed by atoms with Gasteiger partial charge >= 0.3 is 5.97 Å². The molecule has 2 rings (SSSR count). The molecule has 1 aliphatic rings. The number of hydrogen-bond donors (Lipinski definition) is 1. The first kappa shape index (κ1) is 18.5. The van der Waals surface area contributed by atoms with Crippen LogP contribution >= 0.6 is 0 Å². The molecule has 132 valence electrons. The number of carbonyl (C=O) groups is 2. The van der Waals surface area contributed by atoms with Crippen LogP contribution < -0.4 is 5.32 Å². The maximum atomic E-state index is 12.3. The van der Waals surface area contributed by atoms with Gasteiger partial charge in [0.25, 0.3) is 0 Å². The number of carbonyl (C=O) groups excluding carboxylic acids is 2. The largest absolute Gasteiger partial charge is 0.467 e. The molecule has 1 aliphatic heterocycles. The summed E-state index contributed by atoms with van der Waals surface area (Å²) >= 11 is 0. The fourth-order valence-electron chi connectivity index (χ4n) is 2.74. The van der Waals surface area contributed by atoms with Crippen molar-refractivity contribution in [1.29, 1.82) is 0 Å². The van der Waals surface area contributed by atoms with Gasteiger partial charge in [0, 0.05) is 13.0 Å². The molecule has 1 heterocycles. The SMILES string of the molecule is COC(=O)[C@@H](Cc1ccc(C(C)(C)C)cc1)NC(=O)[C@H]1CCOC1. The normalized spacial score (nSPS) is 18.9. The van der Waals surface area contributed by atoms with Crippen molar-refractivity contribution in [3.63, 3.8) is 0 Å². The molecule has 1 fully saturated rings. The minimum Gasteiger partial charge on any atom is -0.467 e. The van der Waals surface area contributed by atoms with Crippen LogP contribution in [-0.4, -0.2) is 38.2 Å². The first-order valence-corrected chi connectivity index (χ1v) is 8.36. The zero-order chi connectivity index (χ0) is 17.7. The minimum absolute atomic E-state index is 0.0803. The average Bonchev–Trinajstić information content (AvgIpc) is 3.07. The third-order valence-corrected chi connectivity index (χ3v) is 4.36. The fraction of sp³-hybridized carbons (Fsp3) is 0.579. The van der Waals surface area contributed by atoms with Gasteiger partial charge in [-0.25, -0.2) is 4.79 Å². The van der Waals surface area contributed by atoms with Crippen molar-refractivity contribution in [3.05, 3.63) is 35.4 Å². The summed E-state index contributed by atoms with van der Waals surface area (Å²) in [5, 5.41) is 2.81. The third kappa shape index (κ3) is 4.81. The quantitative estimate of drug-likeness (QED) is 0.839. The average molecular weight is 333 g/mol. The van der Waals surface area contributed by atoms with Crippen molar-refractivity contribution in [2.45, 2.75) is 45.1 Å². The summed E-state index contributed by atoms with van der Waals surface area (Å²) in [7, 11) is 1.34. The molecule has 0 bridgehead atoms. The molecule has 1 amide bonds. The molecule has 1 saturated heterocycles. The Hall–Kier alpha value is -1.88. The van der Waals surface area contributed by atoms with E-state index in [0.717, 1.165) is 5.56 Å². The maximum absolute atomic E-state index is 12.3. The van der Waals surface area contributed by atoms with Gasteiger partial charge in [0.05, 0.1) is 19.6 Å². The van der Waals surface area contributed by atoms with Crippen LogP contribution in [0.5, 0.6) is 0 Å². The number of methoxy groups -OCH3 is 1. The highest BCUT2D eigenvalue weighted by atomic mass is 16.5. The van der Waals surface area contributed by atoms with E-state index >= 15 is 0 Å². The molecule has 5 nitrogen and oxygen atoms in total. The van der Waals surface area contributed by atoms with Gasteiger partial charge in [-0.1, -0.05) is 45.0 Å². The van der Waals surface area contributed by atoms with Crippen LogP contribution in [0.1, 0.15) is 38.3 Å². The molecule has 0 aromatic heterocycles. The molecule has 1 N–H and O–H groups in total. The summed E-state index contributed by atoms with van der Waals surface area (Å²) in [6.07, 6.45) is 1.11. The fourth-order valence-corrected chi connectivity index (χ4v) is 2.74. The van der Waals surface area contributed by atoms with Crippen molar-refractivity contribution in [2.24, 2.45) is 5.92 Å². The highest BCUT2D eigenvalue weighted by Gasteiger charge is 2.28. The predicted octanol–water partition coefficient (Wildman–Crippen LogP) is 2.22. The first-order chi connectivity index (χ1) is 11.3. The molecule has 0 aliphatic carbocycles. The van der Waals surface area contributed by atoms with Crippen molar-refractivity contribution in [2.75, 3.05) is 20.3 Å². The molecular weight excluding hydrogens is 306 g/mol. The van der Waals surface area contributed by atoms with E-state index < -0.39 is 12.0 Å². The van der Waals surface area contributed by atoms with Gasteiger partial charge < -0.3 is 14.8 Å². The Kier molecular flexibility index (Phi) is 5.99. The van der Waals surface area contributed by atoms with Crippen LogP contribution in [-0.2, 0) is 30.9 Å². The Morgan fingerprint density at radius 2 is 1.96 bits per heavy atom. The van der Waals surface area contributed by atoms with E-state index in [1.54, 1.807) is 0 Å². The topological polar surface area (TPSA) is 64.6 Å². The second kappa shape index (κ2) is 7.79. The lowest BCUT2D eigenvalue weighted by Crippen LogP contribution is -2.45. The van der Waals surface area contributed by atoms with E-state index in [-0.39, 0.29) is 17.2 Å². The van der Waals surface area contributed by atoms with E-state index in [4.69, 9.17) is 9.47 Å². The number of hydrogen-bond acceptors (Lipinski definition) is 4. The van der Waals surface area contributed by atoms with Gasteiger partial charge in [-0.15, -0.1) is 0 Å². The summed E-state index contributed by atoms with van der Waals surface area (Å²) < 4.78 is 10.1. The highest BCUT2D eigenvalue weighted by molar-refractivity contribution is 5.86. The smallest absolute Gasteiger partial charge is 0.328 e. The van der Waals surface area contributed by atoms with E-state index in [2.05, 4.69) is 38.2 Å². The van der Waals surface area contributed by atoms with Crippen molar-refractivity contribution in [3.8, 4) is 0 Å². The predicted molar refractivity (Wildman–Crippen MR) is 91.7 cm³/mol. The van der Waals surface area contributed by atoms with Gasteiger partial charge in [-0.2, -0.15) is 0 Å². The van der Waals surface area contributed by atoms with Crippen molar-refractivity contribution in [1.82, 2.24) is 5.32 Å². The number of esters is 1. The molecule has 0 unspecified atom stereocenters. The Morgan fingerprint density at radius 1 is 1.29 bits per heavy atom. The van der Waals surface area contributed by atoms with Crippen LogP contribution in [0.2, 0.25) is 0 Å². The maximum Gasteiger partial charge on any atom is 0.328 e. The highest BCUT2D eigenvalue weighted by Crippen LogP contribution is 2.22. The Bertz CT molecular complexity index is 568. The number of ether oxygens (including phenoxy) is 2. The molecule has 24 heavy (non-hydrogen) atoms. The van der Waals surface area contributed by atoms with Gasteiger partial charge in [0.2, 0.25) is 5.91 Å². The van der Waals surface area contributed by atoms with Crippen molar-refractivity contribution >= 4 is 11.9 Å². The number of amides is 1. The summed E-state index contributed by atoms with van der Waals surface area (Å²) in [5.41, 5.74) is 2.30. The lowest BCUT2D eigenvalue weighted by atomic mass is 9.86. The molecule has 0 saturated carbocycles. The number of nitrogens with one attached hydrogen (secondary N) is 1. The molecular formula is C19H27NO4. The van der Waals surface area contributed by atoms with E-state index in [9.17, 15) is 9.59 Å². The number of rotatable bonds is 5. The summed E-state index contributed by atoms with van der Waals surface area (Å²) in [5.74, 6) is -0.753. The zero-order valence-electron chi connectivity index (χ0n) is 14.9. The molecule has 5 heteroatoms. The summed E-state index contributed by atoms with van der Waals surface area (Å²) in [6, 6.07) is 7.46. The van der Waals surface area contributed by atoms with Crippen LogP contribution in [0.25, 0.3) is 0 Å². The molecule has 2 atom stereocenters. The van der Waals surface area contributed by atoms with Crippen LogP contribution in [0.4, 0.5) is 0 Å². The Balaban J connectivity index is 2.05. The van der Waals surface area contributed by atoms with Crippen LogP contribution in [0.15, 0.2) is 24.3 Å². The van der Waals surface area contributed by atoms with E-state index in [1.807, 2.05) is 12.1 Å². The van der Waals surface area contributed by atoms with Gasteiger partial charge in [-0.05, 0) is 23.0 Å². The second-order valence-electron chi connectivity index (χ2n) is 7.30. The zero-order valence-corrected chi connectivity index (χ0v) is 14.9. The van der Waals surface area contributed by atoms with Crippen LogP contribution in [0.3, 0.4) is 0 Å². The standard InChI is InChI=1S/C19H27NO4/c1-19(2,3)15-7-5-13(6-8-15)11-16(18(22)23-4)20-17(21)14-9-10-24-12-14/h5-8,14,16H,9-12H2,1-4H3,(H,20,21)/t14-,16+/m0/s1. The van der Waals surface area contributed by atoms with Crippen molar-refractivity contribution < 1.29 is 19.1 Å². The van der Waals surface area contributed by atoms with E-state index in [1.165, 1.54) is 12.7 Å². The van der Waals surface area contributed by atoms with Crippen LogP contribution in [0, 0.1) is 5.92 Å². The molecule has 0 spiro atoms. The molecule has 1 aromatic carbocycles. The summed E-state index contributed by atoms with van der Waals surface area (Å²) in [6.45, 7) is 7.48.